The van der Waals surface area contributed by atoms with Gasteiger partial charge in [0.15, 0.2) is 0 Å². The summed E-state index contributed by atoms with van der Waals surface area (Å²) in [5.41, 5.74) is 9.49. The molecule has 2 N–H and O–H groups in total. The lowest BCUT2D eigenvalue weighted by Gasteiger charge is -2.49. The Morgan fingerprint density at radius 3 is 2.89 bits per heavy atom. The minimum Gasteiger partial charge on any atom is -0.329 e. The summed E-state index contributed by atoms with van der Waals surface area (Å²) in [6.45, 7) is 5.54. The smallest absolute Gasteiger partial charge is 0.0375 e. The van der Waals surface area contributed by atoms with Gasteiger partial charge in [0.25, 0.3) is 0 Å². The van der Waals surface area contributed by atoms with Crippen LogP contribution in [0.2, 0.25) is 0 Å². The maximum absolute atomic E-state index is 6.22. The van der Waals surface area contributed by atoms with E-state index in [1.165, 1.54) is 42.8 Å². The summed E-state index contributed by atoms with van der Waals surface area (Å²) in [5, 5.41) is 0.745. The van der Waals surface area contributed by atoms with Crippen LogP contribution in [-0.4, -0.2) is 41.1 Å². The molecular formula is C16H24N2S. The number of nitrogens with two attached hydrogens (primary N) is 1. The summed E-state index contributed by atoms with van der Waals surface area (Å²) >= 11 is 2.10. The molecule has 1 aliphatic heterocycles. The lowest BCUT2D eigenvalue weighted by atomic mass is 9.76. The van der Waals surface area contributed by atoms with E-state index in [-0.39, 0.29) is 5.54 Å². The number of thioether (sulfide) groups is 1. The Balaban J connectivity index is 1.85. The second kappa shape index (κ2) is 5.47. The number of hydrogen-bond acceptors (Lipinski definition) is 3. The molecule has 0 aromatic heterocycles. The van der Waals surface area contributed by atoms with E-state index < -0.39 is 0 Å². The van der Waals surface area contributed by atoms with E-state index in [0.717, 1.165) is 18.2 Å². The number of fused-ring (bicyclic) bond motifs is 1. The first-order valence-corrected chi connectivity index (χ1v) is 8.42. The minimum absolute atomic E-state index is 0.212. The van der Waals surface area contributed by atoms with Gasteiger partial charge >= 0.3 is 0 Å². The van der Waals surface area contributed by atoms with Crippen LogP contribution in [0.3, 0.4) is 0 Å². The summed E-state index contributed by atoms with van der Waals surface area (Å²) in [6, 6.07) is 8.90. The number of aryl methyl sites for hydroxylation is 1. The zero-order valence-corrected chi connectivity index (χ0v) is 12.6. The molecule has 3 rings (SSSR count). The fourth-order valence-electron chi connectivity index (χ4n) is 3.61. The molecule has 2 nitrogen and oxygen atoms in total. The van der Waals surface area contributed by atoms with Gasteiger partial charge in [-0.2, -0.15) is 11.8 Å². The Kier molecular flexibility index (Phi) is 3.88. The monoisotopic (exact) mass is 276 g/mol. The van der Waals surface area contributed by atoms with Crippen molar-refractivity contribution in [1.82, 2.24) is 4.90 Å². The summed E-state index contributed by atoms with van der Waals surface area (Å²) in [4.78, 5) is 2.68. The highest BCUT2D eigenvalue weighted by atomic mass is 32.2. The molecule has 0 amide bonds. The Hall–Kier alpha value is -0.510. The quantitative estimate of drug-likeness (QED) is 0.899. The summed E-state index contributed by atoms with van der Waals surface area (Å²) in [5.74, 6) is 1.25. The lowest BCUT2D eigenvalue weighted by Crippen LogP contribution is -2.60. The summed E-state index contributed by atoms with van der Waals surface area (Å²) in [7, 11) is 0. The van der Waals surface area contributed by atoms with Crippen molar-refractivity contribution in [2.45, 2.75) is 37.0 Å². The third-order valence-corrected chi connectivity index (χ3v) is 5.93. The first-order valence-electron chi connectivity index (χ1n) is 7.37. The SMILES string of the molecule is CC1CN(C2(CN)CCc3ccccc3C2)CCS1. The molecule has 1 aromatic carbocycles. The molecule has 1 fully saturated rings. The van der Waals surface area contributed by atoms with Gasteiger partial charge in [-0.1, -0.05) is 31.2 Å². The molecule has 1 saturated heterocycles. The molecular weight excluding hydrogens is 252 g/mol. The molecule has 2 atom stereocenters. The first-order chi connectivity index (χ1) is 9.23. The van der Waals surface area contributed by atoms with Crippen LogP contribution in [0.15, 0.2) is 24.3 Å². The molecule has 0 bridgehead atoms. The maximum atomic E-state index is 6.22. The van der Waals surface area contributed by atoms with Crippen molar-refractivity contribution in [3.05, 3.63) is 35.4 Å². The highest BCUT2D eigenvalue weighted by Gasteiger charge is 2.39. The van der Waals surface area contributed by atoms with Gasteiger partial charge in [-0.25, -0.2) is 0 Å². The van der Waals surface area contributed by atoms with Crippen LogP contribution in [0.1, 0.15) is 24.5 Å². The van der Waals surface area contributed by atoms with E-state index in [1.807, 2.05) is 0 Å². The molecule has 0 radical (unpaired) electrons. The standard InChI is InChI=1S/C16H24N2S/c1-13-11-18(8-9-19-13)16(12-17)7-6-14-4-2-3-5-15(14)10-16/h2-5,13H,6-12,17H2,1H3. The second-order valence-corrected chi connectivity index (χ2v) is 7.55. The van der Waals surface area contributed by atoms with E-state index >= 15 is 0 Å². The van der Waals surface area contributed by atoms with Crippen LogP contribution in [0.5, 0.6) is 0 Å². The van der Waals surface area contributed by atoms with Crippen molar-refractivity contribution in [2.24, 2.45) is 5.73 Å². The van der Waals surface area contributed by atoms with Gasteiger partial charge in [0, 0.05) is 36.2 Å². The van der Waals surface area contributed by atoms with Crippen LogP contribution in [0.25, 0.3) is 0 Å². The van der Waals surface area contributed by atoms with Crippen molar-refractivity contribution >= 4 is 11.8 Å². The molecule has 2 unspecified atom stereocenters. The predicted octanol–water partition coefficient (Wildman–Crippen LogP) is 2.31. The fraction of sp³-hybridized carbons (Fsp3) is 0.625. The first kappa shape index (κ1) is 13.5. The number of benzene rings is 1. The van der Waals surface area contributed by atoms with Gasteiger partial charge in [-0.3, -0.25) is 4.90 Å². The van der Waals surface area contributed by atoms with Crippen molar-refractivity contribution in [3.63, 3.8) is 0 Å². The molecule has 19 heavy (non-hydrogen) atoms. The third-order valence-electron chi connectivity index (χ3n) is 4.79. The van der Waals surface area contributed by atoms with Crippen molar-refractivity contribution in [1.29, 1.82) is 0 Å². The van der Waals surface area contributed by atoms with Gasteiger partial charge in [0.2, 0.25) is 0 Å². The molecule has 0 saturated carbocycles. The molecule has 3 heteroatoms. The number of rotatable bonds is 2. The molecule has 2 aliphatic rings. The normalized spacial score (nSPS) is 32.0. The van der Waals surface area contributed by atoms with E-state index in [4.69, 9.17) is 5.73 Å². The van der Waals surface area contributed by atoms with Gasteiger partial charge in [-0.15, -0.1) is 0 Å². The van der Waals surface area contributed by atoms with E-state index in [1.54, 1.807) is 0 Å². The molecule has 1 aromatic rings. The second-order valence-electron chi connectivity index (χ2n) is 6.00. The Labute approximate surface area is 120 Å². The Bertz CT molecular complexity index is 448. The Morgan fingerprint density at radius 2 is 2.16 bits per heavy atom. The average Bonchev–Trinajstić information content (AvgIpc) is 2.46. The topological polar surface area (TPSA) is 29.3 Å². The molecule has 0 spiro atoms. The van der Waals surface area contributed by atoms with Gasteiger partial charge in [0.05, 0.1) is 0 Å². The van der Waals surface area contributed by atoms with Crippen molar-refractivity contribution < 1.29 is 0 Å². The van der Waals surface area contributed by atoms with E-state index in [2.05, 4.69) is 47.9 Å². The average molecular weight is 276 g/mol. The highest BCUT2D eigenvalue weighted by molar-refractivity contribution is 7.99. The van der Waals surface area contributed by atoms with Crippen LogP contribution in [0.4, 0.5) is 0 Å². The number of hydrogen-bond donors (Lipinski definition) is 1. The molecule has 1 aliphatic carbocycles. The molecule has 104 valence electrons. The summed E-state index contributed by atoms with van der Waals surface area (Å²) in [6.07, 6.45) is 3.54. The fourth-order valence-corrected chi connectivity index (χ4v) is 4.62. The van der Waals surface area contributed by atoms with Crippen molar-refractivity contribution in [2.75, 3.05) is 25.4 Å². The predicted molar refractivity (Wildman–Crippen MR) is 83.7 cm³/mol. The minimum atomic E-state index is 0.212. The Morgan fingerprint density at radius 1 is 1.37 bits per heavy atom. The van der Waals surface area contributed by atoms with Crippen molar-refractivity contribution in [3.8, 4) is 0 Å². The van der Waals surface area contributed by atoms with E-state index in [9.17, 15) is 0 Å². The summed E-state index contributed by atoms with van der Waals surface area (Å²) < 4.78 is 0. The molecule has 1 heterocycles. The zero-order chi connectivity index (χ0) is 13.3. The lowest BCUT2D eigenvalue weighted by molar-refractivity contribution is 0.0840. The third kappa shape index (κ3) is 2.56. The zero-order valence-electron chi connectivity index (χ0n) is 11.8. The van der Waals surface area contributed by atoms with E-state index in [0.29, 0.717) is 0 Å². The van der Waals surface area contributed by atoms with Gasteiger partial charge < -0.3 is 5.73 Å². The number of nitrogens with zero attached hydrogens (tertiary/aromatic N) is 1. The van der Waals surface area contributed by atoms with Gasteiger partial charge in [-0.05, 0) is 30.4 Å². The largest absolute Gasteiger partial charge is 0.329 e. The maximum Gasteiger partial charge on any atom is 0.0375 e. The van der Waals surface area contributed by atoms with Gasteiger partial charge in [0.1, 0.15) is 0 Å². The van der Waals surface area contributed by atoms with Crippen LogP contribution in [0, 0.1) is 0 Å². The van der Waals surface area contributed by atoms with Crippen LogP contribution < -0.4 is 5.73 Å². The van der Waals surface area contributed by atoms with Crippen LogP contribution in [-0.2, 0) is 12.8 Å². The van der Waals surface area contributed by atoms with Crippen LogP contribution >= 0.6 is 11.8 Å². The highest BCUT2D eigenvalue weighted by Crippen LogP contribution is 2.35.